The molecule has 0 atom stereocenters. The van der Waals surface area contributed by atoms with Crippen molar-refractivity contribution in [3.8, 4) is 0 Å². The highest BCUT2D eigenvalue weighted by molar-refractivity contribution is 5.88. The smallest absolute Gasteiger partial charge is 0.340 e. The van der Waals surface area contributed by atoms with Gasteiger partial charge in [0.15, 0.2) is 0 Å². The maximum Gasteiger partial charge on any atom is 0.340 e. The summed E-state index contributed by atoms with van der Waals surface area (Å²) in [6.07, 6.45) is 4.88. The third-order valence-electron chi connectivity index (χ3n) is 2.26. The molecule has 0 saturated carbocycles. The Hall–Kier alpha value is -2.52. The van der Waals surface area contributed by atoms with E-state index in [0.29, 0.717) is 0 Å². The topological polar surface area (TPSA) is 75.1 Å². The summed E-state index contributed by atoms with van der Waals surface area (Å²) in [5, 5.41) is 3.30. The Morgan fingerprint density at radius 3 is 2.68 bits per heavy atom. The molecule has 0 fully saturated rings. The number of ether oxygens (including phenoxy) is 1. The zero-order valence-electron chi connectivity index (χ0n) is 10.9. The molecule has 0 aliphatic carbocycles. The fourth-order valence-corrected chi connectivity index (χ4v) is 1.32. The Balaban J connectivity index is 2.83. The first-order chi connectivity index (χ1) is 9.17. The Labute approximate surface area is 111 Å². The van der Waals surface area contributed by atoms with Gasteiger partial charge in [-0.2, -0.15) is 0 Å². The molecule has 0 aliphatic heterocycles. The normalized spacial score (nSPS) is 11.2. The van der Waals surface area contributed by atoms with Gasteiger partial charge in [0, 0.05) is 4.91 Å². The average Bonchev–Trinajstić information content (AvgIpc) is 2.40. The van der Waals surface area contributed by atoms with E-state index in [9.17, 15) is 4.79 Å². The second-order valence-corrected chi connectivity index (χ2v) is 3.73. The zero-order valence-corrected chi connectivity index (χ0v) is 10.9. The van der Waals surface area contributed by atoms with Crippen LogP contribution in [0.4, 0.5) is 0 Å². The van der Waals surface area contributed by atoms with E-state index < -0.39 is 5.97 Å². The maximum atomic E-state index is 11.4. The first-order valence-corrected chi connectivity index (χ1v) is 5.84. The molecule has 0 unspecified atom stereocenters. The molecule has 5 nitrogen and oxygen atoms in total. The van der Waals surface area contributed by atoms with E-state index in [4.69, 9.17) is 10.3 Å². The Morgan fingerprint density at radius 1 is 1.42 bits per heavy atom. The van der Waals surface area contributed by atoms with Crippen molar-refractivity contribution < 1.29 is 9.53 Å². The summed E-state index contributed by atoms with van der Waals surface area (Å²) < 4.78 is 4.77. The molecule has 0 heterocycles. The van der Waals surface area contributed by atoms with Crippen molar-refractivity contribution in [3.05, 3.63) is 63.7 Å². The summed E-state index contributed by atoms with van der Waals surface area (Å²) >= 11 is 0. The Morgan fingerprint density at radius 2 is 2.11 bits per heavy atom. The Bertz CT molecular complexity index is 538. The lowest BCUT2D eigenvalue weighted by molar-refractivity contribution is -0.138. The monoisotopic (exact) mass is 257 g/mol. The fourth-order valence-electron chi connectivity index (χ4n) is 1.32. The molecule has 0 radical (unpaired) electrons. The van der Waals surface area contributed by atoms with Gasteiger partial charge in [-0.05, 0) is 31.0 Å². The second-order valence-electron chi connectivity index (χ2n) is 3.73. The van der Waals surface area contributed by atoms with Gasteiger partial charge in [-0.1, -0.05) is 47.1 Å². The van der Waals surface area contributed by atoms with Crippen LogP contribution in [0.5, 0.6) is 0 Å². The highest BCUT2D eigenvalue weighted by atomic mass is 16.5. The summed E-state index contributed by atoms with van der Waals surface area (Å²) in [5.41, 5.74) is 10.5. The summed E-state index contributed by atoms with van der Waals surface area (Å²) in [6, 6.07) is 7.89. The van der Waals surface area contributed by atoms with Crippen LogP contribution in [-0.2, 0) is 9.53 Å². The van der Waals surface area contributed by atoms with E-state index in [1.54, 1.807) is 13.0 Å². The van der Waals surface area contributed by atoms with Crippen molar-refractivity contribution in [1.29, 1.82) is 0 Å². The highest BCUT2D eigenvalue weighted by Crippen LogP contribution is 2.07. The number of allylic oxidation sites excluding steroid dienone is 2. The summed E-state index contributed by atoms with van der Waals surface area (Å²) in [7, 11) is 0. The van der Waals surface area contributed by atoms with Crippen molar-refractivity contribution in [2.45, 2.75) is 13.8 Å². The number of hydrogen-bond donors (Lipinski definition) is 0. The molecule has 0 bridgehead atoms. The number of nitrogens with zero attached hydrogens (tertiary/aromatic N) is 3. The number of carbonyl (C=O) groups is 1. The van der Waals surface area contributed by atoms with Crippen molar-refractivity contribution in [2.24, 2.45) is 5.11 Å². The molecular weight excluding hydrogens is 242 g/mol. The quantitative estimate of drug-likeness (QED) is 0.201. The third-order valence-corrected chi connectivity index (χ3v) is 2.26. The molecule has 1 rings (SSSR count). The van der Waals surface area contributed by atoms with Gasteiger partial charge in [-0.3, -0.25) is 0 Å². The molecule has 0 amide bonds. The highest BCUT2D eigenvalue weighted by Gasteiger charge is 2.06. The minimum absolute atomic E-state index is 0.0623. The van der Waals surface area contributed by atoms with Crippen LogP contribution in [0.3, 0.4) is 0 Å². The van der Waals surface area contributed by atoms with Gasteiger partial charge in [0.25, 0.3) is 0 Å². The fraction of sp³-hybridized carbons (Fsp3) is 0.214. The van der Waals surface area contributed by atoms with E-state index in [-0.39, 0.29) is 12.3 Å². The molecule has 1 aromatic carbocycles. The largest absolute Gasteiger partial charge is 0.462 e. The minimum atomic E-state index is -0.631. The molecule has 19 heavy (non-hydrogen) atoms. The average molecular weight is 257 g/mol. The lowest BCUT2D eigenvalue weighted by Gasteiger charge is -1.99. The van der Waals surface area contributed by atoms with Crippen LogP contribution in [0.2, 0.25) is 0 Å². The van der Waals surface area contributed by atoms with Crippen LogP contribution >= 0.6 is 0 Å². The molecule has 0 N–H and O–H groups in total. The number of carbonyl (C=O) groups excluding carboxylic acids is 1. The standard InChI is InChI=1S/C14H15N3O2/c1-3-19-14(18)13(16-17-15)6-4-5-12-9-7-11(2)8-10-12/h4-10H,3H2,1-2H3/b5-4+,13-6-. The van der Waals surface area contributed by atoms with Gasteiger partial charge >= 0.3 is 5.97 Å². The predicted molar refractivity (Wildman–Crippen MR) is 74.1 cm³/mol. The number of azide groups is 1. The van der Waals surface area contributed by atoms with Crippen molar-refractivity contribution in [1.82, 2.24) is 0 Å². The van der Waals surface area contributed by atoms with Crippen LogP contribution in [0.15, 0.2) is 47.2 Å². The molecule has 5 heteroatoms. The van der Waals surface area contributed by atoms with Crippen molar-refractivity contribution in [2.75, 3.05) is 6.61 Å². The molecule has 0 spiro atoms. The van der Waals surface area contributed by atoms with Crippen LogP contribution in [0.1, 0.15) is 18.1 Å². The zero-order chi connectivity index (χ0) is 14.1. The van der Waals surface area contributed by atoms with Gasteiger partial charge in [0.1, 0.15) is 5.70 Å². The van der Waals surface area contributed by atoms with Crippen LogP contribution in [-0.4, -0.2) is 12.6 Å². The third kappa shape index (κ3) is 5.10. The Kier molecular flexibility index (Phi) is 5.92. The summed E-state index contributed by atoms with van der Waals surface area (Å²) in [6.45, 7) is 3.93. The van der Waals surface area contributed by atoms with E-state index in [1.807, 2.05) is 37.3 Å². The summed E-state index contributed by atoms with van der Waals surface area (Å²) in [4.78, 5) is 14.0. The second kappa shape index (κ2) is 7.74. The minimum Gasteiger partial charge on any atom is -0.462 e. The van der Waals surface area contributed by atoms with E-state index >= 15 is 0 Å². The lowest BCUT2D eigenvalue weighted by Crippen LogP contribution is -2.05. The van der Waals surface area contributed by atoms with Crippen molar-refractivity contribution >= 4 is 12.0 Å². The van der Waals surface area contributed by atoms with E-state index in [2.05, 4.69) is 10.0 Å². The SMILES string of the molecule is CCOC(=O)/C(=C/C=C/c1ccc(C)cc1)N=[N+]=[N-]. The molecule has 1 aromatic rings. The number of hydrogen-bond acceptors (Lipinski definition) is 3. The first-order valence-electron chi connectivity index (χ1n) is 5.84. The number of aryl methyl sites for hydroxylation is 1. The van der Waals surface area contributed by atoms with Gasteiger partial charge in [-0.15, -0.1) is 0 Å². The van der Waals surface area contributed by atoms with Crippen LogP contribution < -0.4 is 0 Å². The van der Waals surface area contributed by atoms with Gasteiger partial charge in [0.2, 0.25) is 0 Å². The summed E-state index contributed by atoms with van der Waals surface area (Å²) in [5.74, 6) is -0.631. The number of rotatable bonds is 5. The molecule has 0 saturated heterocycles. The van der Waals surface area contributed by atoms with Gasteiger partial charge in [-0.25, -0.2) is 4.79 Å². The van der Waals surface area contributed by atoms with Crippen molar-refractivity contribution in [3.63, 3.8) is 0 Å². The van der Waals surface area contributed by atoms with Crippen LogP contribution in [0, 0.1) is 6.92 Å². The number of benzene rings is 1. The maximum absolute atomic E-state index is 11.4. The molecular formula is C14H15N3O2. The molecule has 0 aromatic heterocycles. The molecule has 0 aliphatic rings. The first kappa shape index (κ1) is 14.5. The lowest BCUT2D eigenvalue weighted by atomic mass is 10.1. The van der Waals surface area contributed by atoms with Gasteiger partial charge < -0.3 is 4.74 Å². The molecule has 98 valence electrons. The number of esters is 1. The van der Waals surface area contributed by atoms with Crippen LogP contribution in [0.25, 0.3) is 16.5 Å². The van der Waals surface area contributed by atoms with E-state index in [1.165, 1.54) is 11.6 Å². The van der Waals surface area contributed by atoms with Gasteiger partial charge in [0.05, 0.1) is 6.61 Å². The predicted octanol–water partition coefficient (Wildman–Crippen LogP) is 3.77. The van der Waals surface area contributed by atoms with E-state index in [0.717, 1.165) is 5.56 Å².